The van der Waals surface area contributed by atoms with Crippen molar-refractivity contribution in [2.24, 2.45) is 0 Å². The molecule has 1 aliphatic heterocycles. The molecule has 6 heteroatoms. The lowest BCUT2D eigenvalue weighted by Gasteiger charge is -2.30. The highest BCUT2D eigenvalue weighted by Crippen LogP contribution is 2.38. The van der Waals surface area contributed by atoms with Gasteiger partial charge in [0.05, 0.1) is 19.9 Å². The molecule has 1 amide bonds. The van der Waals surface area contributed by atoms with Gasteiger partial charge in [0.1, 0.15) is 5.60 Å². The first kappa shape index (κ1) is 16.4. The molecule has 0 spiro atoms. The van der Waals surface area contributed by atoms with Gasteiger partial charge in [-0.15, -0.1) is 0 Å². The molecule has 1 aliphatic rings. The fourth-order valence-corrected chi connectivity index (χ4v) is 2.26. The van der Waals surface area contributed by atoms with Crippen LogP contribution >= 0.6 is 0 Å². The van der Waals surface area contributed by atoms with Crippen LogP contribution in [0.3, 0.4) is 0 Å². The van der Waals surface area contributed by atoms with Gasteiger partial charge in [-0.3, -0.25) is 5.32 Å². The predicted octanol–water partition coefficient (Wildman–Crippen LogP) is 2.74. The van der Waals surface area contributed by atoms with E-state index >= 15 is 0 Å². The average Bonchev–Trinajstić information content (AvgIpc) is 2.35. The van der Waals surface area contributed by atoms with Gasteiger partial charge in [0.25, 0.3) is 0 Å². The van der Waals surface area contributed by atoms with Gasteiger partial charge >= 0.3 is 6.09 Å². The minimum Gasteiger partial charge on any atom is -0.493 e. The molecular formula is C16H24N2O4. The maximum Gasteiger partial charge on any atom is 0.412 e. The molecule has 0 atom stereocenters. The number of rotatable bonds is 4. The van der Waals surface area contributed by atoms with E-state index < -0.39 is 11.7 Å². The van der Waals surface area contributed by atoms with Crippen molar-refractivity contribution in [1.29, 1.82) is 0 Å². The summed E-state index contributed by atoms with van der Waals surface area (Å²) in [4.78, 5) is 12.0. The van der Waals surface area contributed by atoms with E-state index in [-0.39, 0.29) is 0 Å². The van der Waals surface area contributed by atoms with Gasteiger partial charge in [-0.2, -0.15) is 0 Å². The summed E-state index contributed by atoms with van der Waals surface area (Å²) in [6.45, 7) is 7.24. The number of hydrogen-bond acceptors (Lipinski definition) is 5. The number of methoxy groups -OCH3 is 2. The Morgan fingerprint density at radius 1 is 1.18 bits per heavy atom. The molecule has 0 radical (unpaired) electrons. The third-order valence-electron chi connectivity index (χ3n) is 3.41. The largest absolute Gasteiger partial charge is 0.493 e. The van der Waals surface area contributed by atoms with Crippen LogP contribution in [0.2, 0.25) is 0 Å². The van der Waals surface area contributed by atoms with Gasteiger partial charge in [-0.05, 0) is 32.4 Å². The molecule has 1 heterocycles. The molecule has 0 bridgehead atoms. The van der Waals surface area contributed by atoms with E-state index in [1.807, 2.05) is 26.8 Å². The molecule has 1 saturated heterocycles. The van der Waals surface area contributed by atoms with Crippen LogP contribution in [0.5, 0.6) is 11.5 Å². The van der Waals surface area contributed by atoms with Crippen LogP contribution in [-0.4, -0.2) is 39.0 Å². The third kappa shape index (κ3) is 3.82. The molecule has 0 aromatic heterocycles. The number of benzene rings is 1. The summed E-state index contributed by atoms with van der Waals surface area (Å²) in [5.74, 6) is 1.56. The molecule has 22 heavy (non-hydrogen) atoms. The van der Waals surface area contributed by atoms with Crippen LogP contribution in [0.15, 0.2) is 12.1 Å². The van der Waals surface area contributed by atoms with E-state index in [1.54, 1.807) is 20.3 Å². The molecule has 2 rings (SSSR count). The first-order chi connectivity index (χ1) is 10.3. The van der Waals surface area contributed by atoms with Crippen LogP contribution < -0.4 is 20.1 Å². The standard InChI is InChI=1S/C16H24N2O4/c1-16(2,3)22-15(19)18-12-7-14(21-5)13(20-4)6-11(12)10-8-17-9-10/h6-7,10,17H,8-9H2,1-5H3,(H,18,19). The summed E-state index contributed by atoms with van der Waals surface area (Å²) >= 11 is 0. The average molecular weight is 308 g/mol. The van der Waals surface area contributed by atoms with Crippen molar-refractivity contribution in [3.05, 3.63) is 17.7 Å². The zero-order valence-electron chi connectivity index (χ0n) is 13.8. The lowest BCUT2D eigenvalue weighted by molar-refractivity contribution is 0.0635. The summed E-state index contributed by atoms with van der Waals surface area (Å²) in [6, 6.07) is 3.69. The van der Waals surface area contributed by atoms with Gasteiger partial charge in [0.15, 0.2) is 11.5 Å². The zero-order valence-corrected chi connectivity index (χ0v) is 13.8. The Morgan fingerprint density at radius 2 is 1.77 bits per heavy atom. The van der Waals surface area contributed by atoms with Gasteiger partial charge in [-0.25, -0.2) is 4.79 Å². The maximum atomic E-state index is 12.0. The minimum absolute atomic E-state index is 0.338. The lowest BCUT2D eigenvalue weighted by Crippen LogP contribution is -2.40. The molecule has 1 fully saturated rings. The van der Waals surface area contributed by atoms with Crippen molar-refractivity contribution in [2.45, 2.75) is 32.3 Å². The van der Waals surface area contributed by atoms with Gasteiger partial charge in [-0.1, -0.05) is 0 Å². The molecule has 2 N–H and O–H groups in total. The number of carbonyl (C=O) groups is 1. The fraction of sp³-hybridized carbons (Fsp3) is 0.562. The predicted molar refractivity (Wildman–Crippen MR) is 85.0 cm³/mol. The number of carbonyl (C=O) groups excluding carboxylic acids is 1. The van der Waals surface area contributed by atoms with E-state index in [2.05, 4.69) is 10.6 Å². The summed E-state index contributed by atoms with van der Waals surface area (Å²) in [5, 5.41) is 6.05. The van der Waals surface area contributed by atoms with E-state index in [4.69, 9.17) is 14.2 Å². The highest BCUT2D eigenvalue weighted by Gasteiger charge is 2.26. The van der Waals surface area contributed by atoms with Crippen molar-refractivity contribution in [2.75, 3.05) is 32.6 Å². The Bertz CT molecular complexity index is 548. The van der Waals surface area contributed by atoms with Crippen LogP contribution in [0.25, 0.3) is 0 Å². The van der Waals surface area contributed by atoms with Crippen molar-refractivity contribution in [1.82, 2.24) is 5.32 Å². The SMILES string of the molecule is COc1cc(NC(=O)OC(C)(C)C)c(C2CNC2)cc1OC. The Balaban J connectivity index is 2.29. The second kappa shape index (κ2) is 6.44. The first-order valence-corrected chi connectivity index (χ1v) is 7.30. The van der Waals surface area contributed by atoms with E-state index in [0.29, 0.717) is 23.1 Å². The minimum atomic E-state index is -0.543. The molecule has 0 saturated carbocycles. The quantitative estimate of drug-likeness (QED) is 0.895. The van der Waals surface area contributed by atoms with Gasteiger partial charge in [0.2, 0.25) is 0 Å². The van der Waals surface area contributed by atoms with E-state index in [1.165, 1.54) is 0 Å². The number of amides is 1. The van der Waals surface area contributed by atoms with Crippen molar-refractivity contribution in [3.8, 4) is 11.5 Å². The molecule has 0 unspecified atom stereocenters. The van der Waals surface area contributed by atoms with Crippen molar-refractivity contribution >= 4 is 11.8 Å². The third-order valence-corrected chi connectivity index (χ3v) is 3.41. The monoisotopic (exact) mass is 308 g/mol. The first-order valence-electron chi connectivity index (χ1n) is 7.30. The molecule has 122 valence electrons. The van der Waals surface area contributed by atoms with Gasteiger partial charge < -0.3 is 19.5 Å². The van der Waals surface area contributed by atoms with E-state index in [9.17, 15) is 4.79 Å². The number of hydrogen-bond donors (Lipinski definition) is 2. The highest BCUT2D eigenvalue weighted by atomic mass is 16.6. The Kier molecular flexibility index (Phi) is 4.81. The Labute approximate surface area is 131 Å². The van der Waals surface area contributed by atoms with Crippen LogP contribution in [0, 0.1) is 0 Å². The second-order valence-electron chi connectivity index (χ2n) is 6.28. The van der Waals surface area contributed by atoms with Crippen LogP contribution in [-0.2, 0) is 4.74 Å². The van der Waals surface area contributed by atoms with E-state index in [0.717, 1.165) is 18.7 Å². The lowest BCUT2D eigenvalue weighted by atomic mass is 9.91. The van der Waals surface area contributed by atoms with Gasteiger partial charge in [0, 0.05) is 25.1 Å². The van der Waals surface area contributed by atoms with Crippen LogP contribution in [0.4, 0.5) is 10.5 Å². The fourth-order valence-electron chi connectivity index (χ4n) is 2.26. The number of ether oxygens (including phenoxy) is 3. The molecule has 0 aliphatic carbocycles. The zero-order chi connectivity index (χ0) is 16.3. The highest BCUT2D eigenvalue weighted by molar-refractivity contribution is 5.87. The smallest absolute Gasteiger partial charge is 0.412 e. The number of anilines is 1. The van der Waals surface area contributed by atoms with Crippen LogP contribution in [0.1, 0.15) is 32.3 Å². The summed E-state index contributed by atoms with van der Waals surface area (Å²) in [7, 11) is 3.17. The number of nitrogens with one attached hydrogen (secondary N) is 2. The molecule has 1 aromatic rings. The summed E-state index contributed by atoms with van der Waals surface area (Å²) < 4.78 is 16.0. The summed E-state index contributed by atoms with van der Waals surface area (Å²) in [5.41, 5.74) is 1.17. The normalized spacial score (nSPS) is 15.0. The topological polar surface area (TPSA) is 68.8 Å². The van der Waals surface area contributed by atoms with Crippen molar-refractivity contribution in [3.63, 3.8) is 0 Å². The Morgan fingerprint density at radius 3 is 2.23 bits per heavy atom. The second-order valence-corrected chi connectivity index (χ2v) is 6.28. The van der Waals surface area contributed by atoms with Crippen molar-refractivity contribution < 1.29 is 19.0 Å². The molecule has 1 aromatic carbocycles. The Hall–Kier alpha value is -1.95. The molecule has 6 nitrogen and oxygen atoms in total. The maximum absolute atomic E-state index is 12.0. The molecular weight excluding hydrogens is 284 g/mol. The summed E-state index contributed by atoms with van der Waals surface area (Å²) in [6.07, 6.45) is -0.478.